The molecule has 2 aromatic carbocycles. The van der Waals surface area contributed by atoms with Crippen LogP contribution in [0.15, 0.2) is 46.9 Å². The first-order valence-electron chi connectivity index (χ1n) is 8.17. The molecule has 2 rings (SSSR count). The number of carbonyl (C=O) groups excluding carboxylic acids is 2. The quantitative estimate of drug-likeness (QED) is 0.693. The maximum absolute atomic E-state index is 12.4. The van der Waals surface area contributed by atoms with Crippen molar-refractivity contribution in [1.29, 1.82) is 0 Å². The molecule has 0 saturated carbocycles. The molecule has 0 fully saturated rings. The number of halogens is 1. The van der Waals surface area contributed by atoms with E-state index in [0.29, 0.717) is 30.0 Å². The number of ether oxygens (including phenoxy) is 1. The third-order valence-electron chi connectivity index (χ3n) is 3.40. The molecule has 2 N–H and O–H groups in total. The Morgan fingerprint density at radius 2 is 1.64 bits per heavy atom. The molecule has 6 heteroatoms. The lowest BCUT2D eigenvalue weighted by Gasteiger charge is -2.10. The lowest BCUT2D eigenvalue weighted by atomic mass is 10.2. The van der Waals surface area contributed by atoms with Crippen molar-refractivity contribution in [3.05, 3.63) is 52.5 Å². The van der Waals surface area contributed by atoms with E-state index >= 15 is 0 Å². The van der Waals surface area contributed by atoms with E-state index in [-0.39, 0.29) is 11.8 Å². The summed E-state index contributed by atoms with van der Waals surface area (Å²) in [5.74, 6) is 0.453. The van der Waals surface area contributed by atoms with E-state index in [9.17, 15) is 9.59 Å². The van der Waals surface area contributed by atoms with Crippen molar-refractivity contribution in [2.45, 2.75) is 26.7 Å². The Morgan fingerprint density at radius 3 is 2.20 bits per heavy atom. The van der Waals surface area contributed by atoms with Crippen LogP contribution in [0.3, 0.4) is 0 Å². The summed E-state index contributed by atoms with van der Waals surface area (Å²) in [5, 5.41) is 5.59. The number of amides is 2. The van der Waals surface area contributed by atoms with Crippen molar-refractivity contribution >= 4 is 39.1 Å². The fourth-order valence-corrected chi connectivity index (χ4v) is 2.55. The highest BCUT2D eigenvalue weighted by atomic mass is 79.9. The van der Waals surface area contributed by atoms with Crippen molar-refractivity contribution in [2.75, 3.05) is 17.2 Å². The van der Waals surface area contributed by atoms with Crippen molar-refractivity contribution in [2.24, 2.45) is 0 Å². The van der Waals surface area contributed by atoms with Gasteiger partial charge in [-0.1, -0.05) is 13.8 Å². The molecule has 132 valence electrons. The van der Waals surface area contributed by atoms with Gasteiger partial charge in [-0.2, -0.15) is 0 Å². The molecule has 0 aliphatic carbocycles. The lowest BCUT2D eigenvalue weighted by Crippen LogP contribution is -2.12. The Kier molecular flexibility index (Phi) is 7.01. The summed E-state index contributed by atoms with van der Waals surface area (Å²) < 4.78 is 6.32. The minimum absolute atomic E-state index is 0.0491. The Morgan fingerprint density at radius 1 is 1.00 bits per heavy atom. The molecular formula is C19H21BrN2O3. The average molecular weight is 405 g/mol. The molecule has 5 nitrogen and oxygen atoms in total. The van der Waals surface area contributed by atoms with Gasteiger partial charge in [-0.3, -0.25) is 9.59 Å². The molecule has 0 saturated heterocycles. The number of rotatable bonds is 7. The lowest BCUT2D eigenvalue weighted by molar-refractivity contribution is -0.115. The van der Waals surface area contributed by atoms with Gasteiger partial charge in [0.1, 0.15) is 5.75 Å². The van der Waals surface area contributed by atoms with Crippen LogP contribution < -0.4 is 15.4 Å². The average Bonchev–Trinajstić information content (AvgIpc) is 2.62. The van der Waals surface area contributed by atoms with Crippen LogP contribution in [0, 0.1) is 0 Å². The Bertz CT molecular complexity index is 745. The van der Waals surface area contributed by atoms with E-state index in [1.165, 1.54) is 0 Å². The van der Waals surface area contributed by atoms with Crippen LogP contribution in [0.5, 0.6) is 5.75 Å². The summed E-state index contributed by atoms with van der Waals surface area (Å²) in [4.78, 5) is 23.7. The second-order valence-corrected chi connectivity index (χ2v) is 6.28. The molecule has 0 atom stereocenters. The predicted molar refractivity (Wildman–Crippen MR) is 103 cm³/mol. The van der Waals surface area contributed by atoms with Crippen LogP contribution in [0.4, 0.5) is 11.4 Å². The van der Waals surface area contributed by atoms with E-state index in [0.717, 1.165) is 16.6 Å². The van der Waals surface area contributed by atoms with Crippen LogP contribution in [-0.2, 0) is 4.79 Å². The van der Waals surface area contributed by atoms with E-state index in [4.69, 9.17) is 4.74 Å². The first kappa shape index (κ1) is 19.0. The second-order valence-electron chi connectivity index (χ2n) is 5.43. The zero-order chi connectivity index (χ0) is 18.2. The van der Waals surface area contributed by atoms with E-state index in [1.807, 2.05) is 6.92 Å². The largest absolute Gasteiger partial charge is 0.492 e. The highest BCUT2D eigenvalue weighted by molar-refractivity contribution is 9.10. The number of carbonyl (C=O) groups is 2. The van der Waals surface area contributed by atoms with Crippen LogP contribution in [-0.4, -0.2) is 18.4 Å². The van der Waals surface area contributed by atoms with Crippen LogP contribution >= 0.6 is 15.9 Å². The van der Waals surface area contributed by atoms with Gasteiger partial charge in [0, 0.05) is 23.4 Å². The summed E-state index contributed by atoms with van der Waals surface area (Å²) >= 11 is 3.43. The molecule has 0 aliphatic heterocycles. The SMILES string of the molecule is CCCOc1ccc(C(=O)Nc2ccc(NC(=O)CC)cc2)cc1Br. The normalized spacial score (nSPS) is 10.2. The molecule has 0 heterocycles. The van der Waals surface area contributed by atoms with Gasteiger partial charge in [0.25, 0.3) is 5.91 Å². The summed E-state index contributed by atoms with van der Waals surface area (Å²) in [5.41, 5.74) is 1.88. The van der Waals surface area contributed by atoms with Gasteiger partial charge in [-0.05, 0) is 64.8 Å². The number of hydrogen-bond donors (Lipinski definition) is 2. The zero-order valence-electron chi connectivity index (χ0n) is 14.3. The standard InChI is InChI=1S/C19H21BrN2O3/c1-3-11-25-17-10-5-13(12-16(17)20)19(24)22-15-8-6-14(7-9-15)21-18(23)4-2/h5-10,12H,3-4,11H2,1-2H3,(H,21,23)(H,22,24). The summed E-state index contributed by atoms with van der Waals surface area (Å²) in [6, 6.07) is 12.2. The minimum Gasteiger partial charge on any atom is -0.492 e. The van der Waals surface area contributed by atoms with E-state index in [1.54, 1.807) is 49.4 Å². The summed E-state index contributed by atoms with van der Waals surface area (Å²) in [7, 11) is 0. The van der Waals surface area contributed by atoms with Gasteiger partial charge in [-0.25, -0.2) is 0 Å². The number of benzene rings is 2. The number of hydrogen-bond acceptors (Lipinski definition) is 3. The molecule has 0 aromatic heterocycles. The Balaban J connectivity index is 2.01. The first-order valence-corrected chi connectivity index (χ1v) is 8.96. The van der Waals surface area contributed by atoms with Crippen LogP contribution in [0.25, 0.3) is 0 Å². The van der Waals surface area contributed by atoms with Gasteiger partial charge in [0.05, 0.1) is 11.1 Å². The van der Waals surface area contributed by atoms with Crippen molar-refractivity contribution in [1.82, 2.24) is 0 Å². The molecule has 25 heavy (non-hydrogen) atoms. The fourth-order valence-electron chi connectivity index (χ4n) is 2.06. The molecule has 2 amide bonds. The van der Waals surface area contributed by atoms with E-state index in [2.05, 4.69) is 26.6 Å². The predicted octanol–water partition coefficient (Wildman–Crippen LogP) is 4.84. The van der Waals surface area contributed by atoms with Gasteiger partial charge >= 0.3 is 0 Å². The van der Waals surface area contributed by atoms with Crippen molar-refractivity contribution < 1.29 is 14.3 Å². The highest BCUT2D eigenvalue weighted by Crippen LogP contribution is 2.26. The smallest absolute Gasteiger partial charge is 0.255 e. The molecule has 0 bridgehead atoms. The highest BCUT2D eigenvalue weighted by Gasteiger charge is 2.10. The molecule has 0 spiro atoms. The monoisotopic (exact) mass is 404 g/mol. The number of anilines is 2. The maximum Gasteiger partial charge on any atom is 0.255 e. The third kappa shape index (κ3) is 5.60. The molecule has 0 aliphatic rings. The first-order chi connectivity index (χ1) is 12.0. The molecule has 2 aromatic rings. The van der Waals surface area contributed by atoms with E-state index < -0.39 is 0 Å². The fraction of sp³-hybridized carbons (Fsp3) is 0.263. The summed E-state index contributed by atoms with van der Waals surface area (Å²) in [6.07, 6.45) is 1.34. The number of nitrogens with one attached hydrogen (secondary N) is 2. The molecule has 0 unspecified atom stereocenters. The Labute approximate surface area is 155 Å². The minimum atomic E-state index is -0.215. The third-order valence-corrected chi connectivity index (χ3v) is 4.02. The van der Waals surface area contributed by atoms with Gasteiger partial charge < -0.3 is 15.4 Å². The van der Waals surface area contributed by atoms with Gasteiger partial charge in [0.2, 0.25) is 5.91 Å². The molecule has 0 radical (unpaired) electrons. The van der Waals surface area contributed by atoms with Crippen LogP contribution in [0.2, 0.25) is 0 Å². The van der Waals surface area contributed by atoms with Crippen molar-refractivity contribution in [3.63, 3.8) is 0 Å². The second kappa shape index (κ2) is 9.22. The van der Waals surface area contributed by atoms with Crippen molar-refractivity contribution in [3.8, 4) is 5.75 Å². The van der Waals surface area contributed by atoms with Gasteiger partial charge in [-0.15, -0.1) is 0 Å². The summed E-state index contributed by atoms with van der Waals surface area (Å²) in [6.45, 7) is 4.46. The van der Waals surface area contributed by atoms with Gasteiger partial charge in [0.15, 0.2) is 0 Å². The Hall–Kier alpha value is -2.34. The molecular weight excluding hydrogens is 384 g/mol. The zero-order valence-corrected chi connectivity index (χ0v) is 15.9. The van der Waals surface area contributed by atoms with Crippen LogP contribution in [0.1, 0.15) is 37.0 Å². The maximum atomic E-state index is 12.4. The topological polar surface area (TPSA) is 67.4 Å².